The lowest BCUT2D eigenvalue weighted by atomic mass is 9.70. The van der Waals surface area contributed by atoms with Crippen LogP contribution < -0.4 is 0 Å². The predicted molar refractivity (Wildman–Crippen MR) is 128 cm³/mol. The van der Waals surface area contributed by atoms with Crippen LogP contribution >= 0.6 is 0 Å². The maximum Gasteiger partial charge on any atom is 0.195 e. The minimum atomic E-state index is -0.300. The van der Waals surface area contributed by atoms with E-state index in [1.807, 2.05) is 12.1 Å². The molecule has 4 nitrogen and oxygen atoms in total. The first-order valence-corrected chi connectivity index (χ1v) is 11.8. The first-order valence-electron chi connectivity index (χ1n) is 11.8. The number of nitriles is 1. The highest BCUT2D eigenvalue weighted by Crippen LogP contribution is 2.44. The minimum Gasteiger partial charge on any atom is -0.357 e. The molecule has 32 heavy (non-hydrogen) atoms. The first-order chi connectivity index (χ1) is 15.3. The Labute approximate surface area is 190 Å². The van der Waals surface area contributed by atoms with Crippen molar-refractivity contribution in [2.45, 2.75) is 58.4 Å². The van der Waals surface area contributed by atoms with Crippen molar-refractivity contribution in [3.05, 3.63) is 69.9 Å². The van der Waals surface area contributed by atoms with Crippen LogP contribution in [0.15, 0.2) is 36.4 Å². The topological polar surface area (TPSA) is 59.9 Å². The lowest BCUT2D eigenvalue weighted by molar-refractivity contribution is 0.103. The molecule has 1 saturated heterocycles. The number of H-pyrrole nitrogens is 1. The van der Waals surface area contributed by atoms with Gasteiger partial charge in [-0.05, 0) is 81.4 Å². The van der Waals surface area contributed by atoms with Crippen LogP contribution in [0.4, 0.5) is 0 Å². The second-order valence-electron chi connectivity index (χ2n) is 10.4. The number of nitrogens with one attached hydrogen (secondary N) is 1. The quantitative estimate of drug-likeness (QED) is 0.596. The van der Waals surface area contributed by atoms with Gasteiger partial charge in [0.15, 0.2) is 5.78 Å². The zero-order chi connectivity index (χ0) is 22.6. The third kappa shape index (κ3) is 3.27. The van der Waals surface area contributed by atoms with Crippen LogP contribution in [-0.4, -0.2) is 34.8 Å². The fraction of sp³-hybridized carbons (Fsp3) is 0.429. The van der Waals surface area contributed by atoms with Gasteiger partial charge in [-0.25, -0.2) is 0 Å². The van der Waals surface area contributed by atoms with Gasteiger partial charge in [0.05, 0.1) is 17.2 Å². The number of piperidine rings is 1. The highest BCUT2D eigenvalue weighted by atomic mass is 16.1. The van der Waals surface area contributed by atoms with Gasteiger partial charge in [-0.3, -0.25) is 4.79 Å². The Morgan fingerprint density at radius 3 is 2.59 bits per heavy atom. The Hall–Kier alpha value is -2.90. The van der Waals surface area contributed by atoms with Gasteiger partial charge in [-0.1, -0.05) is 32.0 Å². The summed E-state index contributed by atoms with van der Waals surface area (Å²) in [4.78, 5) is 19.7. The summed E-state index contributed by atoms with van der Waals surface area (Å²) in [5.74, 6) is 0.782. The van der Waals surface area contributed by atoms with Crippen LogP contribution in [-0.2, 0) is 11.8 Å². The molecule has 1 N–H and O–H groups in total. The number of carbonyl (C=O) groups is 1. The van der Waals surface area contributed by atoms with Crippen molar-refractivity contribution in [1.82, 2.24) is 9.88 Å². The van der Waals surface area contributed by atoms with Crippen molar-refractivity contribution in [3.8, 4) is 6.07 Å². The molecule has 3 aromatic rings. The Kier molecular flexibility index (Phi) is 4.98. The lowest BCUT2D eigenvalue weighted by Gasteiger charge is -2.35. The number of hydrogen-bond donors (Lipinski definition) is 1. The second kappa shape index (κ2) is 7.60. The molecule has 5 rings (SSSR count). The number of fused-ring (bicyclic) bond motifs is 4. The SMILES string of the molecule is CC(C)N1CCC(Cc2ccc3c(c2)C(=O)c2c([nH]c4cc(C#N)ccc24)C3(C)C)CC1. The number of carbonyl (C=O) groups excluding carboxylic acids is 1. The van der Waals surface area contributed by atoms with E-state index in [-0.39, 0.29) is 11.2 Å². The smallest absolute Gasteiger partial charge is 0.195 e. The monoisotopic (exact) mass is 425 g/mol. The maximum atomic E-state index is 13.7. The molecular weight excluding hydrogens is 394 g/mol. The normalized spacial score (nSPS) is 18.6. The molecule has 1 aromatic heterocycles. The van der Waals surface area contributed by atoms with E-state index in [1.54, 1.807) is 6.07 Å². The van der Waals surface area contributed by atoms with E-state index in [1.165, 1.54) is 31.5 Å². The standard InChI is InChI=1S/C28H31N3O/c1-17(2)31-11-9-18(10-12-31)13-19-6-8-23-22(14-19)26(32)25-21-7-5-20(16-29)15-24(21)30-27(25)28(23,3)4/h5-8,14-15,17-18,30H,9-13H2,1-4H3. The number of ketones is 1. The number of aromatic nitrogens is 1. The summed E-state index contributed by atoms with van der Waals surface area (Å²) in [7, 11) is 0. The molecular formula is C28H31N3O. The Morgan fingerprint density at radius 2 is 1.91 bits per heavy atom. The van der Waals surface area contributed by atoms with Gasteiger partial charge >= 0.3 is 0 Å². The minimum absolute atomic E-state index is 0.0989. The van der Waals surface area contributed by atoms with Crippen LogP contribution in [0.3, 0.4) is 0 Å². The van der Waals surface area contributed by atoms with Gasteiger partial charge in [0.2, 0.25) is 0 Å². The van der Waals surface area contributed by atoms with E-state index in [0.717, 1.165) is 39.7 Å². The van der Waals surface area contributed by atoms with Gasteiger partial charge in [-0.15, -0.1) is 0 Å². The van der Waals surface area contributed by atoms with E-state index < -0.39 is 0 Å². The maximum absolute atomic E-state index is 13.7. The molecule has 0 radical (unpaired) electrons. The Bertz CT molecular complexity index is 1250. The molecule has 2 aliphatic rings. The van der Waals surface area contributed by atoms with Gasteiger partial charge < -0.3 is 9.88 Å². The van der Waals surface area contributed by atoms with Gasteiger partial charge in [-0.2, -0.15) is 5.26 Å². The zero-order valence-corrected chi connectivity index (χ0v) is 19.5. The fourth-order valence-electron chi connectivity index (χ4n) is 5.70. The van der Waals surface area contributed by atoms with Crippen LogP contribution in [0.5, 0.6) is 0 Å². The molecule has 2 aromatic carbocycles. The molecule has 0 atom stereocenters. The predicted octanol–water partition coefficient (Wildman–Crippen LogP) is 5.57. The average Bonchev–Trinajstić information content (AvgIpc) is 3.18. The third-order valence-corrected chi connectivity index (χ3v) is 7.69. The van der Waals surface area contributed by atoms with Crippen LogP contribution in [0.2, 0.25) is 0 Å². The first kappa shape index (κ1) is 21.0. The third-order valence-electron chi connectivity index (χ3n) is 7.69. The summed E-state index contributed by atoms with van der Waals surface area (Å²) >= 11 is 0. The van der Waals surface area contributed by atoms with Crippen LogP contribution in [0.25, 0.3) is 10.9 Å². The van der Waals surface area contributed by atoms with Crippen molar-refractivity contribution in [3.63, 3.8) is 0 Å². The number of likely N-dealkylation sites (tertiary alicyclic amines) is 1. The molecule has 4 heteroatoms. The molecule has 1 aliphatic carbocycles. The molecule has 0 bridgehead atoms. The molecule has 0 amide bonds. The summed E-state index contributed by atoms with van der Waals surface area (Å²) in [6, 6.07) is 14.9. The molecule has 0 spiro atoms. The number of aromatic amines is 1. The lowest BCUT2D eigenvalue weighted by Crippen LogP contribution is -2.38. The van der Waals surface area contributed by atoms with Gasteiger partial charge in [0, 0.05) is 33.6 Å². The highest BCUT2D eigenvalue weighted by Gasteiger charge is 2.39. The molecule has 164 valence electrons. The molecule has 1 fully saturated rings. The van der Waals surface area contributed by atoms with Crippen molar-refractivity contribution in [2.75, 3.05) is 13.1 Å². The fourth-order valence-corrected chi connectivity index (χ4v) is 5.70. The summed E-state index contributed by atoms with van der Waals surface area (Å²) < 4.78 is 0. The number of rotatable bonds is 3. The van der Waals surface area contributed by atoms with Gasteiger partial charge in [0.1, 0.15) is 0 Å². The highest BCUT2D eigenvalue weighted by molar-refractivity contribution is 6.20. The Morgan fingerprint density at radius 1 is 1.16 bits per heavy atom. The number of benzene rings is 2. The molecule has 0 unspecified atom stereocenters. The summed E-state index contributed by atoms with van der Waals surface area (Å²) in [6.07, 6.45) is 3.49. The molecule has 2 heterocycles. The van der Waals surface area contributed by atoms with Crippen molar-refractivity contribution >= 4 is 16.7 Å². The summed E-state index contributed by atoms with van der Waals surface area (Å²) in [5.41, 5.74) is 6.07. The van der Waals surface area contributed by atoms with E-state index in [0.29, 0.717) is 17.5 Å². The largest absolute Gasteiger partial charge is 0.357 e. The van der Waals surface area contributed by atoms with Crippen molar-refractivity contribution < 1.29 is 4.79 Å². The van der Waals surface area contributed by atoms with E-state index in [9.17, 15) is 10.1 Å². The van der Waals surface area contributed by atoms with E-state index in [4.69, 9.17) is 0 Å². The molecule has 1 aliphatic heterocycles. The second-order valence-corrected chi connectivity index (χ2v) is 10.4. The summed E-state index contributed by atoms with van der Waals surface area (Å²) in [5, 5.41) is 10.2. The summed E-state index contributed by atoms with van der Waals surface area (Å²) in [6.45, 7) is 11.2. The average molecular weight is 426 g/mol. The van der Waals surface area contributed by atoms with E-state index >= 15 is 0 Å². The Balaban J connectivity index is 1.49. The van der Waals surface area contributed by atoms with Crippen LogP contribution in [0, 0.1) is 17.2 Å². The number of nitrogens with zero attached hydrogens (tertiary/aromatic N) is 2. The molecule has 0 saturated carbocycles. The van der Waals surface area contributed by atoms with Gasteiger partial charge in [0.25, 0.3) is 0 Å². The van der Waals surface area contributed by atoms with E-state index in [2.05, 4.69) is 61.8 Å². The zero-order valence-electron chi connectivity index (χ0n) is 19.5. The number of hydrogen-bond acceptors (Lipinski definition) is 3. The van der Waals surface area contributed by atoms with Crippen molar-refractivity contribution in [1.29, 1.82) is 5.26 Å². The van der Waals surface area contributed by atoms with Crippen molar-refractivity contribution in [2.24, 2.45) is 5.92 Å². The van der Waals surface area contributed by atoms with Crippen LogP contribution in [0.1, 0.15) is 78.8 Å².